The van der Waals surface area contributed by atoms with Crippen molar-refractivity contribution in [2.75, 3.05) is 13.1 Å². The first-order chi connectivity index (χ1) is 9.60. The van der Waals surface area contributed by atoms with Crippen LogP contribution < -0.4 is 4.74 Å². The second kappa shape index (κ2) is 6.78. The highest BCUT2D eigenvalue weighted by atomic mass is 16.5. The molecule has 0 bridgehead atoms. The average Bonchev–Trinajstić information content (AvgIpc) is 2.45. The first-order valence-corrected chi connectivity index (χ1v) is 7.62. The smallest absolute Gasteiger partial charge is 0.263 e. The molecule has 0 aromatic heterocycles. The summed E-state index contributed by atoms with van der Waals surface area (Å²) in [5.74, 6) is 1.66. The van der Waals surface area contributed by atoms with E-state index in [1.165, 1.54) is 0 Å². The maximum Gasteiger partial charge on any atom is 0.263 e. The van der Waals surface area contributed by atoms with Crippen LogP contribution in [0.5, 0.6) is 5.75 Å². The second-order valence-corrected chi connectivity index (χ2v) is 5.84. The molecule has 0 aliphatic carbocycles. The number of benzene rings is 1. The van der Waals surface area contributed by atoms with Crippen molar-refractivity contribution in [1.82, 2.24) is 4.90 Å². The molecular formula is C17H25NO2. The average molecular weight is 275 g/mol. The molecule has 0 spiro atoms. The van der Waals surface area contributed by atoms with Gasteiger partial charge in [-0.05, 0) is 49.8 Å². The van der Waals surface area contributed by atoms with Gasteiger partial charge < -0.3 is 9.64 Å². The minimum atomic E-state index is -0.356. The summed E-state index contributed by atoms with van der Waals surface area (Å²) in [5.41, 5.74) is 1.15. The van der Waals surface area contributed by atoms with Crippen LogP contribution in [0.3, 0.4) is 0 Å². The van der Waals surface area contributed by atoms with Crippen molar-refractivity contribution in [2.45, 2.75) is 46.1 Å². The van der Waals surface area contributed by atoms with Gasteiger partial charge in [0.25, 0.3) is 5.91 Å². The molecule has 1 fully saturated rings. The van der Waals surface area contributed by atoms with E-state index in [1.807, 2.05) is 43.0 Å². The molecule has 1 aromatic carbocycles. The van der Waals surface area contributed by atoms with Gasteiger partial charge in [-0.1, -0.05) is 26.0 Å². The van der Waals surface area contributed by atoms with Crippen molar-refractivity contribution in [1.29, 1.82) is 0 Å². The van der Waals surface area contributed by atoms with Crippen molar-refractivity contribution in [3.05, 3.63) is 29.8 Å². The lowest BCUT2D eigenvalue weighted by molar-refractivity contribution is -0.140. The third-order valence-corrected chi connectivity index (χ3v) is 4.01. The Morgan fingerprint density at radius 2 is 2.10 bits per heavy atom. The number of nitrogens with zero attached hydrogens (tertiary/aromatic N) is 1. The van der Waals surface area contributed by atoms with Crippen molar-refractivity contribution in [3.8, 4) is 5.75 Å². The Morgan fingerprint density at radius 1 is 1.40 bits per heavy atom. The summed E-state index contributed by atoms with van der Waals surface area (Å²) in [5, 5.41) is 0. The third-order valence-electron chi connectivity index (χ3n) is 4.01. The molecule has 1 saturated heterocycles. The van der Waals surface area contributed by atoms with Crippen LogP contribution in [0.4, 0.5) is 0 Å². The molecule has 1 amide bonds. The van der Waals surface area contributed by atoms with Crippen LogP contribution in [0.2, 0.25) is 0 Å². The van der Waals surface area contributed by atoms with Crippen molar-refractivity contribution in [2.24, 2.45) is 5.92 Å². The fourth-order valence-electron chi connectivity index (χ4n) is 2.59. The zero-order valence-corrected chi connectivity index (χ0v) is 12.8. The lowest BCUT2D eigenvalue weighted by atomic mass is 9.99. The molecule has 3 heteroatoms. The van der Waals surface area contributed by atoms with Gasteiger partial charge in [-0.2, -0.15) is 0 Å². The molecule has 20 heavy (non-hydrogen) atoms. The van der Waals surface area contributed by atoms with Crippen LogP contribution in [0.15, 0.2) is 24.3 Å². The molecule has 1 aliphatic heterocycles. The Hall–Kier alpha value is -1.51. The lowest BCUT2D eigenvalue weighted by Crippen LogP contribution is -2.45. The maximum absolute atomic E-state index is 12.5. The minimum Gasteiger partial charge on any atom is -0.481 e. The van der Waals surface area contributed by atoms with Crippen molar-refractivity contribution < 1.29 is 9.53 Å². The highest BCUT2D eigenvalue weighted by molar-refractivity contribution is 5.81. The van der Waals surface area contributed by atoms with Gasteiger partial charge in [-0.3, -0.25) is 4.79 Å². The molecule has 3 nitrogen and oxygen atoms in total. The van der Waals surface area contributed by atoms with Gasteiger partial charge in [0.15, 0.2) is 6.10 Å². The topological polar surface area (TPSA) is 29.5 Å². The molecule has 1 aromatic rings. The largest absolute Gasteiger partial charge is 0.481 e. The Bertz CT molecular complexity index is 450. The molecule has 1 atom stereocenters. The minimum absolute atomic E-state index is 0.140. The summed E-state index contributed by atoms with van der Waals surface area (Å²) < 4.78 is 5.90. The van der Waals surface area contributed by atoms with Crippen LogP contribution in [0, 0.1) is 12.8 Å². The van der Waals surface area contributed by atoms with E-state index in [4.69, 9.17) is 4.74 Å². The number of hydrogen-bond acceptors (Lipinski definition) is 2. The summed E-state index contributed by atoms with van der Waals surface area (Å²) in [6.07, 6.45) is 2.56. The van der Waals surface area contributed by atoms with Crippen LogP contribution in [-0.4, -0.2) is 30.0 Å². The molecule has 1 heterocycles. The summed E-state index contributed by atoms with van der Waals surface area (Å²) >= 11 is 0. The lowest BCUT2D eigenvalue weighted by Gasteiger charge is -2.32. The summed E-state index contributed by atoms with van der Waals surface area (Å²) in [4.78, 5) is 14.5. The molecule has 0 unspecified atom stereocenters. The Balaban J connectivity index is 1.99. The van der Waals surface area contributed by atoms with E-state index in [0.29, 0.717) is 6.42 Å². The molecule has 110 valence electrons. The maximum atomic E-state index is 12.5. The van der Waals surface area contributed by atoms with Gasteiger partial charge in [0.1, 0.15) is 5.75 Å². The van der Waals surface area contributed by atoms with Gasteiger partial charge in [0.05, 0.1) is 0 Å². The fraction of sp³-hybridized carbons (Fsp3) is 0.588. The number of likely N-dealkylation sites (tertiary alicyclic amines) is 1. The molecule has 0 N–H and O–H groups in total. The number of ether oxygens (including phenoxy) is 1. The third kappa shape index (κ3) is 3.75. The van der Waals surface area contributed by atoms with Gasteiger partial charge in [0.2, 0.25) is 0 Å². The number of piperidine rings is 1. The Labute approximate surface area is 121 Å². The van der Waals surface area contributed by atoms with Crippen molar-refractivity contribution in [3.63, 3.8) is 0 Å². The zero-order valence-electron chi connectivity index (χ0n) is 12.8. The van der Waals surface area contributed by atoms with Crippen LogP contribution in [-0.2, 0) is 4.79 Å². The van der Waals surface area contributed by atoms with E-state index in [0.717, 1.165) is 43.2 Å². The van der Waals surface area contributed by atoms with E-state index in [2.05, 4.69) is 6.92 Å². The number of rotatable bonds is 4. The van der Waals surface area contributed by atoms with E-state index in [1.54, 1.807) is 0 Å². The van der Waals surface area contributed by atoms with E-state index >= 15 is 0 Å². The Morgan fingerprint density at radius 3 is 2.70 bits per heavy atom. The molecular weight excluding hydrogens is 250 g/mol. The monoisotopic (exact) mass is 275 g/mol. The number of amides is 1. The highest BCUT2D eigenvalue weighted by Crippen LogP contribution is 2.20. The van der Waals surface area contributed by atoms with E-state index < -0.39 is 0 Å². The number of aryl methyl sites for hydroxylation is 1. The van der Waals surface area contributed by atoms with Crippen LogP contribution in [0.25, 0.3) is 0 Å². The normalized spacial score (nSPS) is 17.9. The first-order valence-electron chi connectivity index (χ1n) is 7.62. The predicted molar refractivity (Wildman–Crippen MR) is 80.9 cm³/mol. The molecule has 1 aliphatic rings. The zero-order chi connectivity index (χ0) is 14.5. The van der Waals surface area contributed by atoms with Gasteiger partial charge in [-0.15, -0.1) is 0 Å². The number of hydrogen-bond donors (Lipinski definition) is 0. The quantitative estimate of drug-likeness (QED) is 0.842. The molecule has 0 saturated carbocycles. The van der Waals surface area contributed by atoms with Gasteiger partial charge in [0, 0.05) is 13.1 Å². The fourth-order valence-corrected chi connectivity index (χ4v) is 2.59. The highest BCUT2D eigenvalue weighted by Gasteiger charge is 2.27. The van der Waals surface area contributed by atoms with E-state index in [-0.39, 0.29) is 12.0 Å². The van der Waals surface area contributed by atoms with E-state index in [9.17, 15) is 4.79 Å². The Kier molecular flexibility index (Phi) is 5.05. The SMILES string of the molecule is CC[C@H](Oc1cccc(C)c1)C(=O)N1CCC(C)CC1. The van der Waals surface area contributed by atoms with Gasteiger partial charge >= 0.3 is 0 Å². The number of carbonyl (C=O) groups is 1. The van der Waals surface area contributed by atoms with Gasteiger partial charge in [-0.25, -0.2) is 0 Å². The van der Waals surface area contributed by atoms with Crippen LogP contribution >= 0.6 is 0 Å². The molecule has 2 rings (SSSR count). The summed E-state index contributed by atoms with van der Waals surface area (Å²) in [7, 11) is 0. The molecule has 0 radical (unpaired) electrons. The predicted octanol–water partition coefficient (Wildman–Crippen LogP) is 3.41. The first kappa shape index (κ1) is 14.9. The number of carbonyl (C=O) groups excluding carboxylic acids is 1. The van der Waals surface area contributed by atoms with Crippen LogP contribution in [0.1, 0.15) is 38.7 Å². The summed E-state index contributed by atoms with van der Waals surface area (Å²) in [6.45, 7) is 8.02. The summed E-state index contributed by atoms with van der Waals surface area (Å²) in [6, 6.07) is 7.89. The standard InChI is InChI=1S/C17H25NO2/c1-4-16(20-15-7-5-6-14(3)12-15)17(19)18-10-8-13(2)9-11-18/h5-7,12-13,16H,4,8-11H2,1-3H3/t16-/m0/s1. The van der Waals surface area contributed by atoms with Crippen molar-refractivity contribution >= 4 is 5.91 Å². The second-order valence-electron chi connectivity index (χ2n) is 5.84.